The van der Waals surface area contributed by atoms with Gasteiger partial charge in [-0.15, -0.1) is 0 Å². The molecule has 1 unspecified atom stereocenters. The Morgan fingerprint density at radius 1 is 0.605 bits per heavy atom. The summed E-state index contributed by atoms with van der Waals surface area (Å²) in [6.07, 6.45) is 21.4. The lowest BCUT2D eigenvalue weighted by molar-refractivity contribution is -0.321. The van der Waals surface area contributed by atoms with Crippen molar-refractivity contribution in [3.8, 4) is 0 Å². The van der Waals surface area contributed by atoms with E-state index >= 15 is 0 Å². The van der Waals surface area contributed by atoms with Gasteiger partial charge in [-0.25, -0.2) is 0 Å². The van der Waals surface area contributed by atoms with Crippen molar-refractivity contribution in [3.63, 3.8) is 0 Å². The van der Waals surface area contributed by atoms with Gasteiger partial charge in [-0.3, -0.25) is 14.4 Å². The molecule has 0 saturated carbocycles. The summed E-state index contributed by atoms with van der Waals surface area (Å²) >= 11 is 0. The number of hydrogen-bond acceptors (Lipinski definition) is 6. The van der Waals surface area contributed by atoms with Crippen molar-refractivity contribution in [3.05, 3.63) is 35.9 Å². The van der Waals surface area contributed by atoms with Crippen molar-refractivity contribution in [2.75, 3.05) is 6.61 Å². The molecule has 1 aromatic carbocycles. The molecule has 3 aliphatic rings. The maximum absolute atomic E-state index is 12.8. The van der Waals surface area contributed by atoms with Crippen LogP contribution in [0.3, 0.4) is 0 Å². The lowest BCUT2D eigenvalue weighted by Crippen LogP contribution is -2.62. The van der Waals surface area contributed by atoms with Gasteiger partial charge in [0.1, 0.15) is 18.8 Å². The van der Waals surface area contributed by atoms with Crippen molar-refractivity contribution in [1.82, 2.24) is 5.06 Å². The van der Waals surface area contributed by atoms with Gasteiger partial charge in [-0.1, -0.05) is 120 Å². The van der Waals surface area contributed by atoms with Crippen LogP contribution in [0, 0.1) is 0 Å². The topological polar surface area (TPSA) is 65.1 Å². The first kappa shape index (κ1) is 35.6. The molecule has 0 aromatic heterocycles. The third-order valence-corrected chi connectivity index (χ3v) is 9.16. The normalized spacial score (nSPS) is 28.4. The van der Waals surface area contributed by atoms with Crippen LogP contribution < -0.4 is 0 Å². The molecule has 4 rings (SSSR count). The third kappa shape index (κ3) is 13.3. The molecule has 244 valence electrons. The zero-order valence-corrected chi connectivity index (χ0v) is 27.9. The molecular weight excluding hydrogens is 538 g/mol. The molecule has 0 amide bonds. The third-order valence-electron chi connectivity index (χ3n) is 9.16. The van der Waals surface area contributed by atoms with E-state index in [4.69, 9.17) is 14.3 Å². The number of carbonyl (C=O) groups is 2. The minimum absolute atomic E-state index is 0.0796. The number of ether oxygens (including phenoxy) is 2. The highest BCUT2D eigenvalue weighted by molar-refractivity contribution is 5.69. The number of nitrogens with zero attached hydrogens (tertiary/aromatic N) is 1. The highest BCUT2D eigenvalue weighted by atomic mass is 16.7. The maximum Gasteiger partial charge on any atom is 0.306 e. The summed E-state index contributed by atoms with van der Waals surface area (Å²) in [5, 5.41) is 2.06. The van der Waals surface area contributed by atoms with E-state index in [2.05, 4.69) is 32.8 Å². The van der Waals surface area contributed by atoms with Gasteiger partial charge >= 0.3 is 11.9 Å². The molecule has 3 heterocycles. The average Bonchev–Trinajstić information content (AvgIpc) is 2.95. The summed E-state index contributed by atoms with van der Waals surface area (Å²) in [5.41, 5.74) is 0.210. The number of fused-ring (bicyclic) bond motifs is 26. The molecule has 6 heteroatoms. The monoisotopic (exact) mass is 599 g/mol. The van der Waals surface area contributed by atoms with Crippen LogP contribution in [0.1, 0.15) is 168 Å². The number of rotatable bonds is 1. The number of hydrogen-bond donors (Lipinski definition) is 0. The fourth-order valence-corrected chi connectivity index (χ4v) is 7.02. The average molecular weight is 600 g/mol. The first-order valence-corrected chi connectivity index (χ1v) is 17.5. The van der Waals surface area contributed by atoms with Crippen LogP contribution >= 0.6 is 0 Å². The van der Waals surface area contributed by atoms with Crippen LogP contribution in [0.2, 0.25) is 0 Å². The number of esters is 2. The van der Waals surface area contributed by atoms with Gasteiger partial charge in [-0.2, -0.15) is 5.06 Å². The van der Waals surface area contributed by atoms with Crippen LogP contribution in [-0.2, 0) is 23.9 Å². The van der Waals surface area contributed by atoms with Gasteiger partial charge in [0, 0.05) is 36.8 Å². The van der Waals surface area contributed by atoms with Crippen LogP contribution in [0.25, 0.3) is 0 Å². The van der Waals surface area contributed by atoms with Crippen LogP contribution in [0.4, 0.5) is 0 Å². The number of benzene rings is 1. The van der Waals surface area contributed by atoms with E-state index in [1.165, 1.54) is 77.0 Å². The highest BCUT2D eigenvalue weighted by Crippen LogP contribution is 2.42. The Hall–Kier alpha value is -1.92. The molecular formula is C37H61NO5. The molecule has 0 spiro atoms. The predicted molar refractivity (Wildman–Crippen MR) is 173 cm³/mol. The second-order valence-corrected chi connectivity index (χ2v) is 14.3. The Morgan fingerprint density at radius 2 is 1.02 bits per heavy atom. The van der Waals surface area contributed by atoms with Gasteiger partial charge in [0.05, 0.1) is 0 Å². The molecule has 0 radical (unpaired) electrons. The predicted octanol–water partition coefficient (Wildman–Crippen LogP) is 9.80. The molecule has 2 bridgehead atoms. The van der Waals surface area contributed by atoms with Crippen LogP contribution in [0.5, 0.6) is 0 Å². The van der Waals surface area contributed by atoms with Gasteiger partial charge in [0.15, 0.2) is 0 Å². The summed E-state index contributed by atoms with van der Waals surface area (Å²) in [6, 6.07) is 10.0. The van der Waals surface area contributed by atoms with E-state index in [-0.39, 0.29) is 35.7 Å². The Labute approximate surface area is 262 Å². The second-order valence-electron chi connectivity index (χ2n) is 14.3. The first-order valence-electron chi connectivity index (χ1n) is 17.5. The summed E-state index contributed by atoms with van der Waals surface area (Å²) in [5.74, 6) is -0.235. The number of piperidine rings is 1. The van der Waals surface area contributed by atoms with Crippen molar-refractivity contribution in [2.24, 2.45) is 0 Å². The fourth-order valence-electron chi connectivity index (χ4n) is 7.02. The molecule has 3 aliphatic heterocycles. The zero-order chi connectivity index (χ0) is 31.0. The molecule has 0 aliphatic carbocycles. The largest absolute Gasteiger partial charge is 0.462 e. The van der Waals surface area contributed by atoms with Crippen LogP contribution in [0.15, 0.2) is 30.3 Å². The lowest BCUT2D eigenvalue weighted by Gasteiger charge is -2.54. The van der Waals surface area contributed by atoms with Gasteiger partial charge in [-0.05, 0) is 46.1 Å². The van der Waals surface area contributed by atoms with E-state index in [0.29, 0.717) is 25.7 Å². The fraction of sp³-hybridized carbons (Fsp3) is 0.784. The summed E-state index contributed by atoms with van der Waals surface area (Å²) in [4.78, 5) is 32.2. The molecule has 1 aromatic rings. The summed E-state index contributed by atoms with van der Waals surface area (Å²) < 4.78 is 11.8. The summed E-state index contributed by atoms with van der Waals surface area (Å²) in [7, 11) is 0. The van der Waals surface area contributed by atoms with Gasteiger partial charge in [0.2, 0.25) is 0 Å². The molecule has 3 fully saturated rings. The lowest BCUT2D eigenvalue weighted by atomic mass is 9.80. The molecule has 1 atom stereocenters. The maximum atomic E-state index is 12.8. The van der Waals surface area contributed by atoms with E-state index in [0.717, 1.165) is 31.2 Å². The first-order chi connectivity index (χ1) is 20.7. The standard InChI is InChI=1S/C37H61NO5/c1-36(2)28-32-29-37(3,4)38(36)43-33(31-24-20-19-21-25-31)30-41-34(39)26-22-17-15-13-11-9-7-5-6-8-10-12-14-16-18-23-27-35(40)42-32/h19-21,24-25,32-33H,5-18,22-23,26-30H2,1-4H3. The quantitative estimate of drug-likeness (QED) is 0.299. The molecule has 0 N–H and O–H groups in total. The van der Waals surface area contributed by atoms with E-state index in [1.54, 1.807) is 0 Å². The second kappa shape index (κ2) is 18.8. The van der Waals surface area contributed by atoms with Crippen molar-refractivity contribution in [2.45, 2.75) is 179 Å². The molecule has 3 saturated heterocycles. The van der Waals surface area contributed by atoms with Crippen molar-refractivity contribution >= 4 is 11.9 Å². The van der Waals surface area contributed by atoms with E-state index in [9.17, 15) is 9.59 Å². The van der Waals surface area contributed by atoms with Crippen molar-refractivity contribution in [1.29, 1.82) is 0 Å². The summed E-state index contributed by atoms with van der Waals surface area (Å²) in [6.45, 7) is 8.74. The Bertz CT molecular complexity index is 912. The number of carbonyl (C=O) groups excluding carboxylic acids is 2. The number of hydroxylamine groups is 2. The van der Waals surface area contributed by atoms with E-state index < -0.39 is 6.10 Å². The smallest absolute Gasteiger partial charge is 0.306 e. The van der Waals surface area contributed by atoms with E-state index in [1.807, 2.05) is 30.3 Å². The van der Waals surface area contributed by atoms with Crippen LogP contribution in [-0.4, -0.2) is 40.8 Å². The zero-order valence-electron chi connectivity index (χ0n) is 27.9. The SMILES string of the molecule is CC1(C)CC2CC(C)(C)N1OC(c1ccccc1)COC(=O)CCCCCCCCCCCCCCCCCCC(=O)O2. The minimum atomic E-state index is -0.418. The minimum Gasteiger partial charge on any atom is -0.462 e. The van der Waals surface area contributed by atoms with Gasteiger partial charge < -0.3 is 9.47 Å². The molecule has 6 nitrogen and oxygen atoms in total. The molecule has 43 heavy (non-hydrogen) atoms. The Morgan fingerprint density at radius 3 is 1.49 bits per heavy atom. The Kier molecular flexibility index (Phi) is 15.5. The highest BCUT2D eigenvalue weighted by Gasteiger charge is 2.48. The Balaban J connectivity index is 1.62. The van der Waals surface area contributed by atoms with Gasteiger partial charge in [0.25, 0.3) is 0 Å². The van der Waals surface area contributed by atoms with Crippen molar-refractivity contribution < 1.29 is 23.9 Å².